The van der Waals surface area contributed by atoms with Crippen molar-refractivity contribution in [3.63, 3.8) is 0 Å². The highest BCUT2D eigenvalue weighted by molar-refractivity contribution is 7.15. The molecule has 3 nitrogen and oxygen atoms in total. The zero-order valence-corrected chi connectivity index (χ0v) is 19.9. The van der Waals surface area contributed by atoms with Crippen LogP contribution in [0.25, 0.3) is 0 Å². The Hall–Kier alpha value is -1.39. The fourth-order valence-electron chi connectivity index (χ4n) is 6.18. The van der Waals surface area contributed by atoms with Gasteiger partial charge in [0.1, 0.15) is 0 Å². The summed E-state index contributed by atoms with van der Waals surface area (Å²) < 4.78 is 0. The number of piperazine rings is 1. The molecule has 31 heavy (non-hydrogen) atoms. The summed E-state index contributed by atoms with van der Waals surface area (Å²) in [6, 6.07) is 12.1. The van der Waals surface area contributed by atoms with Crippen molar-refractivity contribution in [2.24, 2.45) is 5.92 Å². The van der Waals surface area contributed by atoms with Gasteiger partial charge in [0.15, 0.2) is 5.13 Å². The average molecular weight is 438 g/mol. The van der Waals surface area contributed by atoms with E-state index < -0.39 is 0 Å². The summed E-state index contributed by atoms with van der Waals surface area (Å²) >= 11 is 1.96. The molecule has 2 unspecified atom stereocenters. The summed E-state index contributed by atoms with van der Waals surface area (Å²) in [7, 11) is 0. The maximum Gasteiger partial charge on any atom is 0.185 e. The van der Waals surface area contributed by atoms with Crippen molar-refractivity contribution in [1.29, 1.82) is 0 Å². The molecule has 0 bridgehead atoms. The molecule has 2 aliphatic carbocycles. The molecule has 1 aromatic carbocycles. The molecule has 0 spiro atoms. The van der Waals surface area contributed by atoms with E-state index in [-0.39, 0.29) is 0 Å². The van der Waals surface area contributed by atoms with Gasteiger partial charge in [0.05, 0.1) is 0 Å². The number of aromatic nitrogens is 1. The Morgan fingerprint density at radius 2 is 1.65 bits per heavy atom. The highest BCUT2D eigenvalue weighted by atomic mass is 32.1. The van der Waals surface area contributed by atoms with E-state index in [1.165, 1.54) is 93.7 Å². The smallest absolute Gasteiger partial charge is 0.185 e. The largest absolute Gasteiger partial charge is 0.346 e. The first-order chi connectivity index (χ1) is 15.3. The second kappa shape index (κ2) is 10.5. The molecule has 4 heteroatoms. The van der Waals surface area contributed by atoms with Crippen molar-refractivity contribution in [2.75, 3.05) is 31.1 Å². The Morgan fingerprint density at radius 1 is 0.839 bits per heavy atom. The van der Waals surface area contributed by atoms with Crippen LogP contribution in [0.1, 0.15) is 80.6 Å². The lowest BCUT2D eigenvalue weighted by Crippen LogP contribution is -2.49. The molecular weight excluding hydrogens is 398 g/mol. The molecule has 2 aromatic rings. The first-order valence-electron chi connectivity index (χ1n) is 12.8. The molecule has 168 valence electrons. The number of hydrogen-bond donors (Lipinski definition) is 0. The summed E-state index contributed by atoms with van der Waals surface area (Å²) in [6.45, 7) is 4.77. The molecule has 0 amide bonds. The van der Waals surface area contributed by atoms with Gasteiger partial charge in [-0.05, 0) is 62.3 Å². The second-order valence-corrected chi connectivity index (χ2v) is 11.2. The summed E-state index contributed by atoms with van der Waals surface area (Å²) in [5.41, 5.74) is 1.56. The highest BCUT2D eigenvalue weighted by Gasteiger charge is 2.27. The Labute approximate surface area is 192 Å². The number of thiazole rings is 1. The van der Waals surface area contributed by atoms with Crippen LogP contribution in [0.15, 0.2) is 36.5 Å². The van der Waals surface area contributed by atoms with Crippen molar-refractivity contribution in [1.82, 2.24) is 9.88 Å². The number of aryl methyl sites for hydroxylation is 1. The van der Waals surface area contributed by atoms with E-state index in [4.69, 9.17) is 4.98 Å². The van der Waals surface area contributed by atoms with Crippen LogP contribution in [-0.2, 0) is 6.42 Å². The SMILES string of the molecule is c1ccc(C2CCCC(CCc3cnc(N4CCN(C5CCCC5)CC4)s3)CC2)cc1. The van der Waals surface area contributed by atoms with E-state index in [0.717, 1.165) is 31.0 Å². The van der Waals surface area contributed by atoms with Crippen molar-refractivity contribution in [3.05, 3.63) is 47.0 Å². The predicted octanol–water partition coefficient (Wildman–Crippen LogP) is 6.50. The Balaban J connectivity index is 1.07. The van der Waals surface area contributed by atoms with Crippen LogP contribution in [0.5, 0.6) is 0 Å². The molecule has 2 heterocycles. The second-order valence-electron chi connectivity index (χ2n) is 10.1. The topological polar surface area (TPSA) is 19.4 Å². The van der Waals surface area contributed by atoms with Gasteiger partial charge in [0.2, 0.25) is 0 Å². The molecule has 2 saturated carbocycles. The summed E-state index contributed by atoms with van der Waals surface area (Å²) in [6.07, 6.45) is 17.4. The van der Waals surface area contributed by atoms with Gasteiger partial charge < -0.3 is 4.90 Å². The highest BCUT2D eigenvalue weighted by Crippen LogP contribution is 2.36. The molecule has 3 aliphatic rings. The summed E-state index contributed by atoms with van der Waals surface area (Å²) in [5.74, 6) is 1.68. The van der Waals surface area contributed by atoms with E-state index in [1.807, 2.05) is 11.3 Å². The van der Waals surface area contributed by atoms with Gasteiger partial charge in [-0.1, -0.05) is 56.0 Å². The predicted molar refractivity (Wildman–Crippen MR) is 132 cm³/mol. The Bertz CT molecular complexity index is 790. The molecule has 5 rings (SSSR count). The van der Waals surface area contributed by atoms with Crippen LogP contribution < -0.4 is 4.90 Å². The molecule has 3 fully saturated rings. The quantitative estimate of drug-likeness (QED) is 0.481. The van der Waals surface area contributed by atoms with Crippen LogP contribution >= 0.6 is 11.3 Å². The van der Waals surface area contributed by atoms with Gasteiger partial charge in [-0.15, -0.1) is 11.3 Å². The first-order valence-corrected chi connectivity index (χ1v) is 13.7. The van der Waals surface area contributed by atoms with E-state index in [9.17, 15) is 0 Å². The normalized spacial score (nSPS) is 26.3. The van der Waals surface area contributed by atoms with Crippen LogP contribution in [0.4, 0.5) is 5.13 Å². The number of anilines is 1. The zero-order chi connectivity index (χ0) is 20.9. The number of benzene rings is 1. The van der Waals surface area contributed by atoms with Gasteiger partial charge in [0, 0.05) is 43.3 Å². The summed E-state index contributed by atoms with van der Waals surface area (Å²) in [5, 5.41) is 1.27. The third-order valence-electron chi connectivity index (χ3n) is 8.13. The minimum atomic E-state index is 0.782. The van der Waals surface area contributed by atoms with Crippen LogP contribution in [0.3, 0.4) is 0 Å². The lowest BCUT2D eigenvalue weighted by atomic mass is 9.90. The molecular formula is C27H39N3S. The zero-order valence-electron chi connectivity index (χ0n) is 19.1. The van der Waals surface area contributed by atoms with Gasteiger partial charge in [-0.2, -0.15) is 0 Å². The maximum atomic E-state index is 4.82. The van der Waals surface area contributed by atoms with E-state index >= 15 is 0 Å². The van der Waals surface area contributed by atoms with Crippen molar-refractivity contribution in [2.45, 2.75) is 82.6 Å². The average Bonchev–Trinajstić information content (AvgIpc) is 3.47. The fraction of sp³-hybridized carbons (Fsp3) is 0.667. The molecule has 0 N–H and O–H groups in total. The van der Waals surface area contributed by atoms with Crippen LogP contribution in [-0.4, -0.2) is 42.1 Å². The number of hydrogen-bond acceptors (Lipinski definition) is 4. The van der Waals surface area contributed by atoms with E-state index in [1.54, 1.807) is 5.56 Å². The third kappa shape index (κ3) is 5.51. The molecule has 0 radical (unpaired) electrons. The maximum absolute atomic E-state index is 4.82. The molecule has 1 aromatic heterocycles. The van der Waals surface area contributed by atoms with E-state index in [0.29, 0.717) is 0 Å². The third-order valence-corrected chi connectivity index (χ3v) is 9.24. The van der Waals surface area contributed by atoms with Gasteiger partial charge in [-0.25, -0.2) is 4.98 Å². The van der Waals surface area contributed by atoms with Crippen molar-refractivity contribution >= 4 is 16.5 Å². The molecule has 1 saturated heterocycles. The molecule has 1 aliphatic heterocycles. The van der Waals surface area contributed by atoms with E-state index in [2.05, 4.69) is 46.3 Å². The molecule has 2 atom stereocenters. The minimum Gasteiger partial charge on any atom is -0.346 e. The van der Waals surface area contributed by atoms with Gasteiger partial charge >= 0.3 is 0 Å². The Kier molecular flexibility index (Phi) is 7.26. The fourth-order valence-corrected chi connectivity index (χ4v) is 7.16. The number of rotatable bonds is 6. The lowest BCUT2D eigenvalue weighted by Gasteiger charge is -2.37. The first kappa shape index (κ1) is 21.5. The van der Waals surface area contributed by atoms with Crippen LogP contribution in [0.2, 0.25) is 0 Å². The van der Waals surface area contributed by atoms with Crippen LogP contribution in [0, 0.1) is 5.92 Å². The van der Waals surface area contributed by atoms with Crippen molar-refractivity contribution in [3.8, 4) is 0 Å². The van der Waals surface area contributed by atoms with Crippen molar-refractivity contribution < 1.29 is 0 Å². The standard InChI is InChI=1S/C27H39N3S/c1-2-8-23(9-3-1)24-10-6-7-22(13-15-24)14-16-26-21-28-27(31-26)30-19-17-29(18-20-30)25-11-4-5-12-25/h1-3,8-9,21-22,24-25H,4-7,10-20H2. The minimum absolute atomic E-state index is 0.782. The Morgan fingerprint density at radius 3 is 2.45 bits per heavy atom. The monoisotopic (exact) mass is 437 g/mol. The van der Waals surface area contributed by atoms with Gasteiger partial charge in [-0.3, -0.25) is 4.90 Å². The number of nitrogens with zero attached hydrogens (tertiary/aromatic N) is 3. The summed E-state index contributed by atoms with van der Waals surface area (Å²) in [4.78, 5) is 11.6. The lowest BCUT2D eigenvalue weighted by molar-refractivity contribution is 0.187. The van der Waals surface area contributed by atoms with Gasteiger partial charge in [0.25, 0.3) is 0 Å².